The van der Waals surface area contributed by atoms with Crippen molar-refractivity contribution < 1.29 is 108 Å². The van der Waals surface area contributed by atoms with Crippen LogP contribution in [0.15, 0.2) is 153 Å². The molecule has 118 heavy (non-hydrogen) atoms. The maximum absolute atomic E-state index is 13.3. The Labute approximate surface area is 702 Å². The zero-order valence-corrected chi connectivity index (χ0v) is 69.0. The summed E-state index contributed by atoms with van der Waals surface area (Å²) < 4.78 is 218. The van der Waals surface area contributed by atoms with Gasteiger partial charge >= 0.3 is 0 Å². The minimum atomic E-state index is -4.07. The van der Waals surface area contributed by atoms with Crippen LogP contribution < -0.4 is 40.2 Å². The third-order valence-electron chi connectivity index (χ3n) is 18.8. The van der Waals surface area contributed by atoms with Gasteiger partial charge < -0.3 is 41.7 Å². The van der Waals surface area contributed by atoms with Crippen LogP contribution in [-0.2, 0) is 40.1 Å². The zero-order valence-electron chi connectivity index (χ0n) is 61.2. The predicted octanol–water partition coefficient (Wildman–Crippen LogP) is 15.1. The number of hydrogen-bond donors (Lipinski definition) is 12. The Morgan fingerprint density at radius 1 is 0.297 bits per heavy atom. The largest absolute Gasteiger partial charge is 0.393 e. The first-order valence-electron chi connectivity index (χ1n) is 35.9. The molecule has 0 radical (unpaired) electrons. The number of aliphatic hydroxyl groups excluding tert-OH is 4. The van der Waals surface area contributed by atoms with E-state index in [0.29, 0.717) is 121 Å². The number of carbonyl (C=O) groups excluding carboxylic acids is 4. The van der Waals surface area contributed by atoms with Crippen LogP contribution in [0.25, 0.3) is 0 Å². The van der Waals surface area contributed by atoms with Crippen LogP contribution >= 0.6 is 69.6 Å². The molecule has 4 amide bonds. The van der Waals surface area contributed by atoms with Crippen LogP contribution in [0.5, 0.6) is 0 Å². The quantitative estimate of drug-likeness (QED) is 0.0249. The molecule has 4 fully saturated rings. The SMILES string of the molecule is O=C(Nc1cc(F)c(F)c(F)c1)c1cc(S(=O)(=O)NC2CCC(O)CC2)ccc1Cl.O=C(Nc1cc(F)c(F)c(F)c1)c1ccc(Cl)c(S(=O)(=O)NC2CCC(O)CC2)c1.O=C(Nc1ccc(F)c(Cl)c1)c1cc(S(=O)(=O)NC2CCC(O)CC2)ccc1Cl.O=C(Nc1ccc(F)c(Cl)c1)c1cc(S(=O)(=O)NC2CCCC(O)C2)ccc1Cl. The lowest BCUT2D eigenvalue weighted by molar-refractivity contribution is 0.101. The summed E-state index contributed by atoms with van der Waals surface area (Å²) in [5.41, 5.74) is -0.709. The van der Waals surface area contributed by atoms with Gasteiger partial charge in [-0.05, 0) is 212 Å². The van der Waals surface area contributed by atoms with Gasteiger partial charge in [0.15, 0.2) is 34.9 Å². The van der Waals surface area contributed by atoms with E-state index < -0.39 is 135 Å². The van der Waals surface area contributed by atoms with E-state index in [9.17, 15) is 108 Å². The van der Waals surface area contributed by atoms with E-state index >= 15 is 0 Å². The summed E-state index contributed by atoms with van der Waals surface area (Å²) in [4.78, 5) is 49.2. The van der Waals surface area contributed by atoms with Gasteiger partial charge in [-0.25, -0.2) is 87.7 Å². The van der Waals surface area contributed by atoms with E-state index in [1.54, 1.807) is 0 Å². The molecule has 2 atom stereocenters. The van der Waals surface area contributed by atoms with Gasteiger partial charge in [-0.15, -0.1) is 0 Å². The van der Waals surface area contributed by atoms with Gasteiger partial charge in [0.1, 0.15) is 16.5 Å². The molecule has 42 heteroatoms. The van der Waals surface area contributed by atoms with Gasteiger partial charge in [0.25, 0.3) is 23.6 Å². The molecule has 4 saturated carbocycles. The van der Waals surface area contributed by atoms with Crippen molar-refractivity contribution in [3.63, 3.8) is 0 Å². The lowest BCUT2D eigenvalue weighted by Gasteiger charge is -2.26. The Hall–Kier alpha value is -7.70. The minimum absolute atomic E-state index is 0.0472. The summed E-state index contributed by atoms with van der Waals surface area (Å²) in [6.07, 6.45) is 6.38. The molecule has 8 aromatic rings. The highest BCUT2D eigenvalue weighted by Gasteiger charge is 2.33. The Bertz CT molecular complexity index is 5500. The first kappa shape index (κ1) is 94.2. The van der Waals surface area contributed by atoms with E-state index in [0.717, 1.165) is 30.7 Å². The standard InChI is InChI=1S/2C19H19Cl2FN2O4S.2C19H18ClF3N2O4S/c20-16-7-6-14(29(27,28)24-11-1-4-13(25)5-2-11)10-15(16)19(26)23-12-3-8-18(22)17(21)9-12;20-16-6-5-14(29(27,28)24-12-2-1-3-13(25)8-12)10-15(16)19(26)23-11-4-7-18(22)17(21)9-11;20-14-6-1-10(19(27)24-12-8-15(21)18(23)16(22)9-12)7-17(14)30(28,29)25-11-2-4-13(26)5-3-11;20-15-6-5-13(30(28,29)25-10-1-3-12(26)4-2-10)9-14(15)19(27)24-11-7-16(21)18(23)17(22)8-11/h3,6-11,13,24-25H,1-2,4-5H2,(H,23,26);4-7,9-10,12-13,24-25H,1-3,8H2,(H,23,26);1,6-9,11,13,25-26H,2-5H2,(H,24,27);5-10,12,25-26H,1-4H2,(H,24,27). The fourth-order valence-corrected chi connectivity index (χ4v) is 19.4. The van der Waals surface area contributed by atoms with Crippen molar-refractivity contribution in [1.82, 2.24) is 18.9 Å². The molecule has 0 saturated heterocycles. The number of sulfonamides is 4. The molecule has 0 aliphatic heterocycles. The van der Waals surface area contributed by atoms with Crippen molar-refractivity contribution in [3.8, 4) is 0 Å². The van der Waals surface area contributed by atoms with Crippen LogP contribution in [0.3, 0.4) is 0 Å². The van der Waals surface area contributed by atoms with Crippen molar-refractivity contribution in [2.75, 3.05) is 21.3 Å². The van der Waals surface area contributed by atoms with Crippen LogP contribution in [0.1, 0.15) is 144 Å². The number of carbonyl (C=O) groups is 4. The van der Waals surface area contributed by atoms with E-state index in [-0.39, 0.29) is 119 Å². The van der Waals surface area contributed by atoms with Crippen molar-refractivity contribution in [1.29, 1.82) is 0 Å². The first-order chi connectivity index (χ1) is 55.4. The summed E-state index contributed by atoms with van der Waals surface area (Å²) in [5, 5.41) is 47.3. The summed E-state index contributed by atoms with van der Waals surface area (Å²) >= 11 is 35.6. The predicted molar refractivity (Wildman–Crippen MR) is 427 cm³/mol. The minimum Gasteiger partial charge on any atom is -0.393 e. The highest BCUT2D eigenvalue weighted by molar-refractivity contribution is 7.90. The molecule has 0 aromatic heterocycles. The number of amides is 4. The molecule has 0 bridgehead atoms. The monoisotopic (exact) mass is 1840 g/mol. The van der Waals surface area contributed by atoms with Crippen LogP contribution in [0.2, 0.25) is 30.1 Å². The number of halogens is 14. The molecule has 4 aliphatic rings. The zero-order chi connectivity index (χ0) is 86.5. The van der Waals surface area contributed by atoms with E-state index in [4.69, 9.17) is 69.6 Å². The maximum Gasteiger partial charge on any atom is 0.257 e. The normalized spacial score (nSPS) is 19.6. The second kappa shape index (κ2) is 41.2. The van der Waals surface area contributed by atoms with Gasteiger partial charge in [0, 0.05) is 76.7 Å². The molecule has 8 aromatic carbocycles. The van der Waals surface area contributed by atoms with E-state index in [1.165, 1.54) is 84.9 Å². The molecular weight excluding hydrogens is 1770 g/mol. The second-order valence-electron chi connectivity index (χ2n) is 27.7. The summed E-state index contributed by atoms with van der Waals surface area (Å²) in [7, 11) is -15.8. The van der Waals surface area contributed by atoms with Crippen LogP contribution in [-0.4, -0.2) is 126 Å². The van der Waals surface area contributed by atoms with Gasteiger partial charge in [-0.1, -0.05) is 69.6 Å². The Kier molecular flexibility index (Phi) is 32.9. The highest BCUT2D eigenvalue weighted by atomic mass is 35.5. The van der Waals surface area contributed by atoms with Crippen molar-refractivity contribution >= 4 is 156 Å². The van der Waals surface area contributed by atoms with Gasteiger partial charge in [0.2, 0.25) is 40.1 Å². The summed E-state index contributed by atoms with van der Waals surface area (Å²) in [5.74, 6) is -13.7. The molecule has 2 unspecified atom stereocenters. The second-order valence-corrected chi connectivity index (χ2v) is 36.9. The third kappa shape index (κ3) is 26.2. The molecule has 4 aliphatic carbocycles. The fraction of sp³-hybridized carbons (Fsp3) is 0.316. The van der Waals surface area contributed by atoms with E-state index in [1.807, 2.05) is 0 Å². The van der Waals surface area contributed by atoms with Crippen LogP contribution in [0, 0.1) is 46.5 Å². The Morgan fingerprint density at radius 2 is 0.610 bits per heavy atom. The molecule has 12 N–H and O–H groups in total. The average Bonchev–Trinajstić information content (AvgIpc) is 0.818. The molecular formula is C76H74Cl6F8N8O16S4. The molecule has 636 valence electrons. The Balaban J connectivity index is 0.000000179. The number of hydrogen-bond acceptors (Lipinski definition) is 16. The molecule has 0 spiro atoms. The van der Waals surface area contributed by atoms with Crippen molar-refractivity contribution in [2.24, 2.45) is 0 Å². The lowest BCUT2D eigenvalue weighted by Crippen LogP contribution is -2.39. The van der Waals surface area contributed by atoms with E-state index in [2.05, 4.69) is 40.2 Å². The number of anilines is 4. The lowest BCUT2D eigenvalue weighted by atomic mass is 9.94. The number of benzene rings is 8. The highest BCUT2D eigenvalue weighted by Crippen LogP contribution is 2.33. The van der Waals surface area contributed by atoms with Crippen molar-refractivity contribution in [2.45, 2.75) is 171 Å². The maximum atomic E-state index is 13.3. The summed E-state index contributed by atoms with van der Waals surface area (Å²) in [6.45, 7) is 0. The molecule has 24 nitrogen and oxygen atoms in total. The Morgan fingerprint density at radius 3 is 0.949 bits per heavy atom. The average molecular weight is 1850 g/mol. The first-order valence-corrected chi connectivity index (χ1v) is 44.1. The number of rotatable bonds is 20. The number of nitrogens with one attached hydrogen (secondary N) is 8. The molecule has 12 rings (SSSR count). The third-order valence-corrected chi connectivity index (χ3v) is 26.9. The summed E-state index contributed by atoms with van der Waals surface area (Å²) in [6, 6.07) is 22.9. The van der Waals surface area contributed by atoms with Gasteiger partial charge in [-0.3, -0.25) is 19.2 Å². The van der Waals surface area contributed by atoms with Crippen LogP contribution in [0.4, 0.5) is 57.9 Å². The van der Waals surface area contributed by atoms with Crippen molar-refractivity contribution in [3.05, 3.63) is 232 Å². The number of aliphatic hydroxyl groups is 4. The fourth-order valence-electron chi connectivity index (χ4n) is 12.6. The molecule has 0 heterocycles. The topological polar surface area (TPSA) is 382 Å². The van der Waals surface area contributed by atoms with Gasteiger partial charge in [0.05, 0.1) is 85.9 Å². The van der Waals surface area contributed by atoms with Gasteiger partial charge in [-0.2, -0.15) is 0 Å². The smallest absolute Gasteiger partial charge is 0.257 e.